The van der Waals surface area contributed by atoms with E-state index in [4.69, 9.17) is 0 Å². The number of non-ortho nitro benzene ring substituents is 1. The molecule has 0 fully saturated rings. The van der Waals surface area contributed by atoms with E-state index in [-0.39, 0.29) is 17.6 Å². The molecule has 5 nitrogen and oxygen atoms in total. The molecule has 0 aliphatic rings. The molecule has 0 radical (unpaired) electrons. The van der Waals surface area contributed by atoms with E-state index in [1.807, 2.05) is 26.0 Å². The highest BCUT2D eigenvalue weighted by Gasteiger charge is 2.17. The van der Waals surface area contributed by atoms with Gasteiger partial charge in [0.1, 0.15) is 0 Å². The Kier molecular flexibility index (Phi) is 5.28. The molecule has 0 aliphatic carbocycles. The Balaban J connectivity index is 2.10. The number of carbonyl (C=O) groups is 1. The van der Waals surface area contributed by atoms with E-state index in [1.54, 1.807) is 41.5 Å². The van der Waals surface area contributed by atoms with Crippen LogP contribution in [0, 0.1) is 17.0 Å². The van der Waals surface area contributed by atoms with Crippen molar-refractivity contribution in [2.45, 2.75) is 19.9 Å². The Hall–Kier alpha value is -2.47. The Morgan fingerprint density at radius 2 is 2.09 bits per heavy atom. The lowest BCUT2D eigenvalue weighted by atomic mass is 10.1. The van der Waals surface area contributed by atoms with E-state index in [0.29, 0.717) is 0 Å². The van der Waals surface area contributed by atoms with Gasteiger partial charge in [0, 0.05) is 35.0 Å². The number of thiophene rings is 1. The van der Waals surface area contributed by atoms with Gasteiger partial charge in [-0.1, -0.05) is 12.1 Å². The second kappa shape index (κ2) is 7.19. The van der Waals surface area contributed by atoms with Crippen LogP contribution < -0.4 is 0 Å². The maximum atomic E-state index is 12.3. The number of hydrogen-bond donors (Lipinski definition) is 0. The molecule has 0 spiro atoms. The molecular formula is C17H18N2O3S. The molecule has 0 bridgehead atoms. The topological polar surface area (TPSA) is 63.5 Å². The van der Waals surface area contributed by atoms with Gasteiger partial charge in [-0.3, -0.25) is 14.9 Å². The van der Waals surface area contributed by atoms with Crippen LogP contribution in [0.15, 0.2) is 42.5 Å². The van der Waals surface area contributed by atoms with E-state index in [9.17, 15) is 14.9 Å². The van der Waals surface area contributed by atoms with Gasteiger partial charge in [0.05, 0.1) is 11.0 Å². The van der Waals surface area contributed by atoms with Crippen molar-refractivity contribution in [1.82, 2.24) is 4.90 Å². The van der Waals surface area contributed by atoms with Gasteiger partial charge in [-0.2, -0.15) is 0 Å². The molecule has 1 atom stereocenters. The number of benzene rings is 1. The minimum atomic E-state index is -0.433. The second-order valence-corrected chi connectivity index (χ2v) is 6.58. The van der Waals surface area contributed by atoms with Crippen LogP contribution in [0.4, 0.5) is 5.69 Å². The number of nitro groups is 1. The molecule has 1 aromatic carbocycles. The lowest BCUT2D eigenvalue weighted by molar-refractivity contribution is -0.384. The van der Waals surface area contributed by atoms with Crippen molar-refractivity contribution < 1.29 is 9.72 Å². The van der Waals surface area contributed by atoms with Crippen molar-refractivity contribution in [2.75, 3.05) is 7.05 Å². The first kappa shape index (κ1) is 16.9. The second-order valence-electron chi connectivity index (χ2n) is 5.26. The molecule has 1 heterocycles. The summed E-state index contributed by atoms with van der Waals surface area (Å²) in [4.78, 5) is 26.5. The fourth-order valence-corrected chi connectivity index (χ4v) is 2.91. The highest BCUT2D eigenvalue weighted by molar-refractivity contribution is 7.12. The predicted octanol–water partition coefficient (Wildman–Crippen LogP) is 4.20. The Labute approximate surface area is 139 Å². The third-order valence-electron chi connectivity index (χ3n) is 3.64. The lowest BCUT2D eigenvalue weighted by Gasteiger charge is -2.24. The van der Waals surface area contributed by atoms with E-state index < -0.39 is 4.92 Å². The fourth-order valence-electron chi connectivity index (χ4n) is 2.13. The minimum absolute atomic E-state index is 0.0276. The summed E-state index contributed by atoms with van der Waals surface area (Å²) in [5, 5.41) is 10.9. The summed E-state index contributed by atoms with van der Waals surface area (Å²) in [6, 6.07) is 10.1. The van der Waals surface area contributed by atoms with Crippen molar-refractivity contribution >= 4 is 29.0 Å². The van der Waals surface area contributed by atoms with Crippen LogP contribution in [-0.2, 0) is 4.79 Å². The molecule has 1 aromatic heterocycles. The number of aryl methyl sites for hydroxylation is 1. The van der Waals surface area contributed by atoms with Gasteiger partial charge in [0.15, 0.2) is 0 Å². The summed E-state index contributed by atoms with van der Waals surface area (Å²) in [6.45, 7) is 3.86. The molecule has 0 saturated heterocycles. The molecule has 2 aromatic rings. The maximum absolute atomic E-state index is 12.3. The molecular weight excluding hydrogens is 312 g/mol. The highest BCUT2D eigenvalue weighted by Crippen LogP contribution is 2.23. The summed E-state index contributed by atoms with van der Waals surface area (Å²) in [6.07, 6.45) is 3.32. The zero-order chi connectivity index (χ0) is 17.0. The molecule has 2 rings (SSSR count). The van der Waals surface area contributed by atoms with Gasteiger partial charge in [0.2, 0.25) is 5.91 Å². The summed E-state index contributed by atoms with van der Waals surface area (Å²) in [5.41, 5.74) is 0.759. The standard InChI is InChI=1S/C17H18N2O3S/c1-12-7-8-16(23-12)9-10-17(20)18(3)13(2)14-5-4-6-15(11-14)19(21)22/h4-11,13H,1-3H3/b10-9+/t13-/m1/s1. The number of rotatable bonds is 5. The Morgan fingerprint density at radius 3 is 2.70 bits per heavy atom. The SMILES string of the molecule is Cc1ccc(/C=C/C(=O)N(C)[C@H](C)c2cccc([N+](=O)[O-])c2)s1. The number of amides is 1. The zero-order valence-corrected chi connectivity index (χ0v) is 14.0. The van der Waals surface area contributed by atoms with Gasteiger partial charge in [-0.25, -0.2) is 0 Å². The normalized spacial score (nSPS) is 12.3. The Bertz CT molecular complexity index is 752. The summed E-state index contributed by atoms with van der Waals surface area (Å²) in [7, 11) is 1.69. The predicted molar refractivity (Wildman–Crippen MR) is 92.4 cm³/mol. The van der Waals surface area contributed by atoms with Crippen molar-refractivity contribution in [2.24, 2.45) is 0 Å². The number of nitrogens with zero attached hydrogens (tertiary/aromatic N) is 2. The maximum Gasteiger partial charge on any atom is 0.269 e. The van der Waals surface area contributed by atoms with Crippen LogP contribution in [-0.4, -0.2) is 22.8 Å². The molecule has 6 heteroatoms. The molecule has 0 aliphatic heterocycles. The average molecular weight is 330 g/mol. The van der Waals surface area contributed by atoms with Crippen LogP contribution in [0.25, 0.3) is 6.08 Å². The molecule has 120 valence electrons. The van der Waals surface area contributed by atoms with Gasteiger partial charge in [-0.05, 0) is 37.6 Å². The molecule has 0 N–H and O–H groups in total. The van der Waals surface area contributed by atoms with E-state index in [0.717, 1.165) is 10.4 Å². The first-order chi connectivity index (χ1) is 10.9. The van der Waals surface area contributed by atoms with Crippen molar-refractivity contribution in [1.29, 1.82) is 0 Å². The van der Waals surface area contributed by atoms with Crippen molar-refractivity contribution in [3.8, 4) is 0 Å². The number of nitro benzene ring substituents is 1. The summed E-state index contributed by atoms with van der Waals surface area (Å²) in [5.74, 6) is -0.143. The number of carbonyl (C=O) groups excluding carboxylic acids is 1. The smallest absolute Gasteiger partial charge is 0.269 e. The van der Waals surface area contributed by atoms with E-state index >= 15 is 0 Å². The van der Waals surface area contributed by atoms with Crippen LogP contribution >= 0.6 is 11.3 Å². The van der Waals surface area contributed by atoms with Gasteiger partial charge >= 0.3 is 0 Å². The van der Waals surface area contributed by atoms with E-state index in [2.05, 4.69) is 0 Å². The monoisotopic (exact) mass is 330 g/mol. The van der Waals surface area contributed by atoms with Crippen LogP contribution in [0.3, 0.4) is 0 Å². The van der Waals surface area contributed by atoms with Gasteiger partial charge in [0.25, 0.3) is 5.69 Å². The molecule has 23 heavy (non-hydrogen) atoms. The third kappa shape index (κ3) is 4.26. The van der Waals surface area contributed by atoms with Crippen LogP contribution in [0.1, 0.15) is 28.3 Å². The van der Waals surface area contributed by atoms with Crippen molar-refractivity contribution in [3.63, 3.8) is 0 Å². The molecule has 1 amide bonds. The summed E-state index contributed by atoms with van der Waals surface area (Å²) < 4.78 is 0. The molecule has 0 unspecified atom stereocenters. The number of likely N-dealkylation sites (N-methyl/N-ethyl adjacent to an activating group) is 1. The fraction of sp³-hybridized carbons (Fsp3) is 0.235. The quantitative estimate of drug-likeness (QED) is 0.469. The first-order valence-electron chi connectivity index (χ1n) is 7.14. The van der Waals surface area contributed by atoms with Crippen LogP contribution in [0.2, 0.25) is 0 Å². The number of hydrogen-bond acceptors (Lipinski definition) is 4. The molecule has 0 saturated carbocycles. The van der Waals surface area contributed by atoms with Gasteiger partial charge < -0.3 is 4.90 Å². The van der Waals surface area contributed by atoms with E-state index in [1.165, 1.54) is 23.1 Å². The zero-order valence-electron chi connectivity index (χ0n) is 13.2. The van der Waals surface area contributed by atoms with Crippen molar-refractivity contribution in [3.05, 3.63) is 67.9 Å². The Morgan fingerprint density at radius 1 is 1.35 bits per heavy atom. The first-order valence-corrected chi connectivity index (χ1v) is 7.96. The average Bonchev–Trinajstić information content (AvgIpc) is 2.96. The largest absolute Gasteiger partial charge is 0.335 e. The lowest BCUT2D eigenvalue weighted by Crippen LogP contribution is -2.28. The van der Waals surface area contributed by atoms with Crippen LogP contribution in [0.5, 0.6) is 0 Å². The summed E-state index contributed by atoms with van der Waals surface area (Å²) >= 11 is 1.62. The minimum Gasteiger partial charge on any atom is -0.335 e. The van der Waals surface area contributed by atoms with Gasteiger partial charge in [-0.15, -0.1) is 11.3 Å². The third-order valence-corrected chi connectivity index (χ3v) is 4.61. The highest BCUT2D eigenvalue weighted by atomic mass is 32.1.